The van der Waals surface area contributed by atoms with E-state index in [4.69, 9.17) is 5.11 Å². The second-order valence-electron chi connectivity index (χ2n) is 3.41. The van der Waals surface area contributed by atoms with Crippen LogP contribution in [0.15, 0.2) is 0 Å². The molecule has 0 heterocycles. The Balaban J connectivity index is 3.52. The Hall–Kier alpha value is -1.26. The number of carboxylic acids is 1. The predicted octanol–water partition coefficient (Wildman–Crippen LogP) is 1.34. The summed E-state index contributed by atoms with van der Waals surface area (Å²) in [6, 6.07) is -0.0152. The molecule has 0 atom stereocenters. The maximum Gasteiger partial charge on any atom is 0.315 e. The second kappa shape index (κ2) is 8.08. The van der Waals surface area contributed by atoms with Gasteiger partial charge < -0.3 is 15.7 Å². The average Bonchev–Trinajstić information content (AvgIpc) is 2.20. The van der Waals surface area contributed by atoms with Crippen molar-refractivity contribution >= 4 is 12.0 Å². The van der Waals surface area contributed by atoms with Crippen molar-refractivity contribution in [1.29, 1.82) is 0 Å². The number of hydrogen-bond donors (Lipinski definition) is 3. The highest BCUT2D eigenvalue weighted by molar-refractivity contribution is 5.74. The molecule has 0 unspecified atom stereocenters. The number of carbonyl (C=O) groups is 2. The summed E-state index contributed by atoms with van der Waals surface area (Å²) >= 11 is 0. The topological polar surface area (TPSA) is 78.4 Å². The van der Waals surface area contributed by atoms with Gasteiger partial charge in [-0.1, -0.05) is 13.8 Å². The molecule has 0 radical (unpaired) electrons. The van der Waals surface area contributed by atoms with Gasteiger partial charge in [-0.25, -0.2) is 4.79 Å². The first-order chi connectivity index (χ1) is 7.10. The molecule has 0 saturated heterocycles. The first-order valence-electron chi connectivity index (χ1n) is 5.36. The number of nitrogens with one attached hydrogen (secondary N) is 2. The number of carbonyl (C=O) groups excluding carboxylic acids is 1. The first kappa shape index (κ1) is 13.7. The minimum Gasteiger partial charge on any atom is -0.481 e. The van der Waals surface area contributed by atoms with Crippen LogP contribution in [0.1, 0.15) is 39.5 Å². The van der Waals surface area contributed by atoms with Crippen LogP contribution in [-0.4, -0.2) is 29.7 Å². The van der Waals surface area contributed by atoms with Crippen LogP contribution >= 0.6 is 0 Å². The van der Waals surface area contributed by atoms with Gasteiger partial charge in [0.2, 0.25) is 0 Å². The van der Waals surface area contributed by atoms with E-state index < -0.39 is 5.97 Å². The van der Waals surface area contributed by atoms with Gasteiger partial charge in [-0.15, -0.1) is 0 Å². The lowest BCUT2D eigenvalue weighted by atomic mass is 10.2. The fourth-order valence-corrected chi connectivity index (χ4v) is 1.17. The van der Waals surface area contributed by atoms with Crippen molar-refractivity contribution in [2.75, 3.05) is 6.54 Å². The normalized spacial score (nSPS) is 10.1. The highest BCUT2D eigenvalue weighted by Gasteiger charge is 2.06. The molecule has 88 valence electrons. The second-order valence-corrected chi connectivity index (χ2v) is 3.41. The van der Waals surface area contributed by atoms with Gasteiger partial charge in [-0.2, -0.15) is 0 Å². The zero-order valence-electron chi connectivity index (χ0n) is 9.38. The van der Waals surface area contributed by atoms with Crippen molar-refractivity contribution < 1.29 is 14.7 Å². The fraction of sp³-hybridized carbons (Fsp3) is 0.800. The van der Waals surface area contributed by atoms with Crippen LogP contribution in [0.5, 0.6) is 0 Å². The van der Waals surface area contributed by atoms with Crippen LogP contribution in [0, 0.1) is 0 Å². The van der Waals surface area contributed by atoms with E-state index in [1.165, 1.54) is 0 Å². The summed E-state index contributed by atoms with van der Waals surface area (Å²) in [6.07, 6.45) is 2.36. The molecule has 0 bridgehead atoms. The van der Waals surface area contributed by atoms with E-state index in [0.717, 1.165) is 12.8 Å². The number of rotatable bonds is 7. The van der Waals surface area contributed by atoms with Crippen molar-refractivity contribution in [3.8, 4) is 0 Å². The van der Waals surface area contributed by atoms with Gasteiger partial charge in [0.1, 0.15) is 0 Å². The summed E-state index contributed by atoms with van der Waals surface area (Å²) < 4.78 is 0. The standard InChI is InChI=1S/C10H20N2O3/c1-3-8(4-2)12-10(15)11-7-5-6-9(13)14/h8H,3-7H2,1-2H3,(H,13,14)(H2,11,12,15). The number of amides is 2. The third kappa shape index (κ3) is 7.78. The molecule has 0 spiro atoms. The average molecular weight is 216 g/mol. The van der Waals surface area contributed by atoms with Crippen LogP contribution in [0.4, 0.5) is 4.79 Å². The van der Waals surface area contributed by atoms with Crippen molar-refractivity contribution in [3.05, 3.63) is 0 Å². The zero-order valence-corrected chi connectivity index (χ0v) is 9.38. The smallest absolute Gasteiger partial charge is 0.315 e. The fourth-order valence-electron chi connectivity index (χ4n) is 1.17. The van der Waals surface area contributed by atoms with E-state index in [-0.39, 0.29) is 18.5 Å². The summed E-state index contributed by atoms with van der Waals surface area (Å²) in [6.45, 7) is 4.43. The van der Waals surface area contributed by atoms with Crippen molar-refractivity contribution in [2.24, 2.45) is 0 Å². The lowest BCUT2D eigenvalue weighted by molar-refractivity contribution is -0.137. The summed E-state index contributed by atoms with van der Waals surface area (Å²) in [7, 11) is 0. The molecule has 0 aliphatic carbocycles. The van der Waals surface area contributed by atoms with Crippen molar-refractivity contribution in [2.45, 2.75) is 45.6 Å². The molecular weight excluding hydrogens is 196 g/mol. The summed E-state index contributed by atoms with van der Waals surface area (Å²) in [5.74, 6) is -0.836. The molecule has 0 aromatic carbocycles. The molecule has 0 saturated carbocycles. The number of hydrogen-bond acceptors (Lipinski definition) is 2. The first-order valence-corrected chi connectivity index (χ1v) is 5.36. The summed E-state index contributed by atoms with van der Waals surface area (Å²) in [5.41, 5.74) is 0. The van der Waals surface area contributed by atoms with Gasteiger partial charge in [0.05, 0.1) is 0 Å². The largest absolute Gasteiger partial charge is 0.481 e. The molecule has 5 nitrogen and oxygen atoms in total. The van der Waals surface area contributed by atoms with E-state index in [0.29, 0.717) is 13.0 Å². The summed E-state index contributed by atoms with van der Waals surface area (Å²) in [4.78, 5) is 21.4. The van der Waals surface area contributed by atoms with Gasteiger partial charge in [-0.05, 0) is 19.3 Å². The van der Waals surface area contributed by atoms with Gasteiger partial charge in [-0.3, -0.25) is 4.79 Å². The van der Waals surface area contributed by atoms with Gasteiger partial charge in [0.15, 0.2) is 0 Å². The van der Waals surface area contributed by atoms with Crippen molar-refractivity contribution in [3.63, 3.8) is 0 Å². The minimum atomic E-state index is -0.836. The number of carboxylic acid groups (broad SMARTS) is 1. The number of urea groups is 1. The third-order valence-electron chi connectivity index (χ3n) is 2.17. The molecule has 0 aromatic rings. The highest BCUT2D eigenvalue weighted by atomic mass is 16.4. The SMILES string of the molecule is CCC(CC)NC(=O)NCCCC(=O)O. The molecular formula is C10H20N2O3. The molecule has 0 rings (SSSR count). The van der Waals surface area contributed by atoms with Crippen molar-refractivity contribution in [1.82, 2.24) is 10.6 Å². The monoisotopic (exact) mass is 216 g/mol. The lowest BCUT2D eigenvalue weighted by Crippen LogP contribution is -2.41. The maximum atomic E-state index is 11.2. The van der Waals surface area contributed by atoms with Crippen LogP contribution < -0.4 is 10.6 Å². The highest BCUT2D eigenvalue weighted by Crippen LogP contribution is 1.95. The summed E-state index contributed by atoms with van der Waals surface area (Å²) in [5, 5.41) is 13.8. The lowest BCUT2D eigenvalue weighted by Gasteiger charge is -2.15. The molecule has 0 fully saturated rings. The van der Waals surface area contributed by atoms with E-state index in [1.54, 1.807) is 0 Å². The Bertz CT molecular complexity index is 203. The molecule has 15 heavy (non-hydrogen) atoms. The molecule has 0 aliphatic rings. The van der Waals surface area contributed by atoms with Crippen LogP contribution in [0.2, 0.25) is 0 Å². The van der Waals surface area contributed by atoms with E-state index in [9.17, 15) is 9.59 Å². The number of aliphatic carboxylic acids is 1. The Kier molecular flexibility index (Phi) is 7.40. The van der Waals surface area contributed by atoms with E-state index in [2.05, 4.69) is 10.6 Å². The van der Waals surface area contributed by atoms with Gasteiger partial charge in [0.25, 0.3) is 0 Å². The molecule has 5 heteroatoms. The van der Waals surface area contributed by atoms with Crippen LogP contribution in [-0.2, 0) is 4.79 Å². The van der Waals surface area contributed by atoms with E-state index >= 15 is 0 Å². The van der Waals surface area contributed by atoms with Gasteiger partial charge >= 0.3 is 12.0 Å². The Morgan fingerprint density at radius 1 is 1.27 bits per heavy atom. The van der Waals surface area contributed by atoms with E-state index in [1.807, 2.05) is 13.8 Å². The quantitative estimate of drug-likeness (QED) is 0.562. The molecule has 0 aliphatic heterocycles. The minimum absolute atomic E-state index is 0.0886. The molecule has 2 amide bonds. The molecule has 0 aromatic heterocycles. The Labute approximate surface area is 90.2 Å². The molecule has 3 N–H and O–H groups in total. The third-order valence-corrected chi connectivity index (χ3v) is 2.17. The zero-order chi connectivity index (χ0) is 11.7. The van der Waals surface area contributed by atoms with Crippen LogP contribution in [0.3, 0.4) is 0 Å². The van der Waals surface area contributed by atoms with Gasteiger partial charge in [0, 0.05) is 19.0 Å². The Morgan fingerprint density at radius 3 is 2.33 bits per heavy atom. The maximum absolute atomic E-state index is 11.2. The predicted molar refractivity (Wildman–Crippen MR) is 57.8 cm³/mol. The Morgan fingerprint density at radius 2 is 1.87 bits per heavy atom. The van der Waals surface area contributed by atoms with Crippen LogP contribution in [0.25, 0.3) is 0 Å².